The minimum Gasteiger partial charge on any atom is -0.390 e. The van der Waals surface area contributed by atoms with Gasteiger partial charge in [-0.3, -0.25) is 0 Å². The molecule has 8 unspecified atom stereocenters. The van der Waals surface area contributed by atoms with Gasteiger partial charge in [0.25, 0.3) is 0 Å². The van der Waals surface area contributed by atoms with E-state index in [1.165, 1.54) is 38.5 Å². The first kappa shape index (κ1) is 43.8. The number of nitrogens with two attached hydrogens (primary N) is 1. The molecule has 0 radical (unpaired) electrons. The summed E-state index contributed by atoms with van der Waals surface area (Å²) < 4.78 is 12.0. The zero-order chi connectivity index (χ0) is 33.8. The predicted molar refractivity (Wildman–Crippen MR) is 187 cm³/mol. The normalized spacial score (nSPS) is 31.6. The Morgan fingerprint density at radius 3 is 1.25 bits per heavy atom. The third-order valence-corrected chi connectivity index (χ3v) is 11.1. The van der Waals surface area contributed by atoms with Crippen molar-refractivity contribution in [1.29, 1.82) is 0 Å². The zero-order valence-corrected chi connectivity index (χ0v) is 31.4. The lowest BCUT2D eigenvalue weighted by Gasteiger charge is -2.48. The Morgan fingerprint density at radius 2 is 1.00 bits per heavy atom. The summed E-state index contributed by atoms with van der Waals surface area (Å²) in [6, 6.07) is 0. The maximum Gasteiger partial charge on any atom is 0.0830 e. The molecule has 0 aromatic heterocycles. The van der Waals surface area contributed by atoms with Gasteiger partial charge in [0, 0.05) is 26.4 Å². The van der Waals surface area contributed by atoms with Gasteiger partial charge in [-0.2, -0.15) is 0 Å². The first-order chi connectivity index (χ1) is 21.0. The van der Waals surface area contributed by atoms with Crippen LogP contribution >= 0.6 is 0 Å². The van der Waals surface area contributed by atoms with Crippen LogP contribution in [0.1, 0.15) is 134 Å². The third kappa shape index (κ3) is 13.9. The summed E-state index contributed by atoms with van der Waals surface area (Å²) in [6.45, 7) is 29.7. The molecule has 2 fully saturated rings. The largest absolute Gasteiger partial charge is 0.390 e. The van der Waals surface area contributed by atoms with Crippen molar-refractivity contribution in [2.24, 2.45) is 71.0 Å². The third-order valence-electron chi connectivity index (χ3n) is 11.1. The minimum atomic E-state index is -0.693. The zero-order valence-electron chi connectivity index (χ0n) is 31.4. The van der Waals surface area contributed by atoms with Crippen LogP contribution < -0.4 is 5.90 Å². The quantitative estimate of drug-likeness (QED) is 0.139. The van der Waals surface area contributed by atoms with E-state index in [0.717, 1.165) is 39.3 Å². The molecule has 0 bridgehead atoms. The first-order valence-electron chi connectivity index (χ1n) is 18.8. The topological polar surface area (TPSA) is 94.2 Å². The van der Waals surface area contributed by atoms with Crippen molar-refractivity contribution in [1.82, 2.24) is 0 Å². The van der Waals surface area contributed by atoms with E-state index >= 15 is 0 Å². The fourth-order valence-corrected chi connectivity index (χ4v) is 8.54. The highest BCUT2D eigenvalue weighted by molar-refractivity contribution is 4.95. The number of ether oxygens (including phenoxy) is 2. The lowest BCUT2D eigenvalue weighted by molar-refractivity contribution is -0.109. The summed E-state index contributed by atoms with van der Waals surface area (Å²) in [4.78, 5) is 4.30. The van der Waals surface area contributed by atoms with Crippen molar-refractivity contribution in [3.8, 4) is 0 Å². The lowest BCUT2D eigenvalue weighted by atomic mass is 9.59. The molecular formula is C38H79NO5. The van der Waals surface area contributed by atoms with Crippen molar-refractivity contribution < 1.29 is 24.5 Å². The summed E-state index contributed by atoms with van der Waals surface area (Å²) in [5.41, 5.74) is 0. The van der Waals surface area contributed by atoms with Crippen LogP contribution in [0.15, 0.2) is 0 Å². The minimum absolute atomic E-state index is 0.0686. The molecule has 0 amide bonds. The Hall–Kier alpha value is -0.240. The van der Waals surface area contributed by atoms with Crippen LogP contribution in [0.25, 0.3) is 0 Å². The van der Waals surface area contributed by atoms with Crippen molar-refractivity contribution in [2.45, 2.75) is 147 Å². The molecule has 2 saturated carbocycles. The molecule has 2 aliphatic rings. The van der Waals surface area contributed by atoms with E-state index in [1.807, 2.05) is 27.7 Å². The smallest absolute Gasteiger partial charge is 0.0830 e. The number of aliphatic hydroxyl groups excluding tert-OH is 2. The van der Waals surface area contributed by atoms with E-state index in [-0.39, 0.29) is 11.8 Å². The monoisotopic (exact) mass is 630 g/mol. The van der Waals surface area contributed by atoms with Gasteiger partial charge in [-0.05, 0) is 91.8 Å². The molecule has 0 saturated heterocycles. The van der Waals surface area contributed by atoms with E-state index in [4.69, 9.17) is 15.4 Å². The molecule has 0 spiro atoms. The van der Waals surface area contributed by atoms with E-state index < -0.39 is 12.2 Å². The molecule has 6 heteroatoms. The molecule has 2 rings (SSSR count). The van der Waals surface area contributed by atoms with E-state index in [9.17, 15) is 10.2 Å². The number of rotatable bonds is 17. The molecule has 0 aromatic carbocycles. The Morgan fingerprint density at radius 1 is 0.636 bits per heavy atom. The fourth-order valence-electron chi connectivity index (χ4n) is 8.54. The average Bonchev–Trinajstić information content (AvgIpc) is 3.01. The van der Waals surface area contributed by atoms with Gasteiger partial charge in [0.1, 0.15) is 0 Å². The van der Waals surface area contributed by atoms with Crippen molar-refractivity contribution in [3.05, 3.63) is 0 Å². The van der Waals surface area contributed by atoms with Crippen molar-refractivity contribution >= 4 is 0 Å². The van der Waals surface area contributed by atoms with Crippen LogP contribution in [0.3, 0.4) is 0 Å². The highest BCUT2D eigenvalue weighted by Gasteiger charge is 2.46. The highest BCUT2D eigenvalue weighted by atomic mass is 16.6. The Balaban J connectivity index is 0.00000206. The summed E-state index contributed by atoms with van der Waals surface area (Å²) in [5, 5.41) is 23.3. The Labute approximate surface area is 274 Å². The van der Waals surface area contributed by atoms with Crippen LogP contribution in [0.4, 0.5) is 0 Å². The van der Waals surface area contributed by atoms with E-state index in [2.05, 4.69) is 60.2 Å². The molecule has 266 valence electrons. The van der Waals surface area contributed by atoms with Crippen LogP contribution in [0.5, 0.6) is 0 Å². The van der Waals surface area contributed by atoms with Crippen LogP contribution in [-0.2, 0) is 14.3 Å². The number of aliphatic hydroxyl groups is 2. The van der Waals surface area contributed by atoms with Crippen molar-refractivity contribution in [2.75, 3.05) is 33.0 Å². The van der Waals surface area contributed by atoms with Gasteiger partial charge in [-0.15, -0.1) is 0 Å². The van der Waals surface area contributed by atoms with Gasteiger partial charge >= 0.3 is 0 Å². The molecular weight excluding hydrogens is 550 g/mol. The highest BCUT2D eigenvalue weighted by Crippen LogP contribution is 2.48. The van der Waals surface area contributed by atoms with Gasteiger partial charge < -0.3 is 24.5 Å². The predicted octanol–water partition coefficient (Wildman–Crippen LogP) is 8.77. The summed E-state index contributed by atoms with van der Waals surface area (Å²) in [7, 11) is 0. The molecule has 12 atom stereocenters. The summed E-state index contributed by atoms with van der Waals surface area (Å²) >= 11 is 0. The Bertz CT molecular complexity index is 613. The maximum atomic E-state index is 11.6. The average molecular weight is 630 g/mol. The first-order valence-corrected chi connectivity index (χ1v) is 18.8. The van der Waals surface area contributed by atoms with Crippen LogP contribution in [0, 0.1) is 65.1 Å². The van der Waals surface area contributed by atoms with Crippen molar-refractivity contribution in [3.63, 3.8) is 0 Å². The molecule has 44 heavy (non-hydrogen) atoms. The second-order valence-corrected chi connectivity index (χ2v) is 14.4. The van der Waals surface area contributed by atoms with Gasteiger partial charge in [-0.1, -0.05) is 108 Å². The van der Waals surface area contributed by atoms with E-state index in [0.29, 0.717) is 59.9 Å². The summed E-state index contributed by atoms with van der Waals surface area (Å²) in [6.07, 6.45) is 8.17. The molecule has 6 nitrogen and oxygen atoms in total. The van der Waals surface area contributed by atoms with Gasteiger partial charge in [-0.25, -0.2) is 5.90 Å². The molecule has 4 N–H and O–H groups in total. The van der Waals surface area contributed by atoms with Gasteiger partial charge in [0.2, 0.25) is 0 Å². The van der Waals surface area contributed by atoms with Crippen LogP contribution in [-0.4, -0.2) is 55.5 Å². The standard InChI is InChI=1S/C32H62O4.C4H11NO.C2H6/c1-9-13-25-21(5)15-17-27(29(25)19-35-11-3)23(7)31(33)32(34)24(8)28-18-16-22(6)26(14-10-2)30(28)20-36-12-4;1-4(2)3-6-5;1-2/h21-34H,9-20H2,1-8H3;4H,3,5H2,1-2H3;1-2H3/t21-,22-,23?,24?,25?,26?,27+,28+,29?,30?,31?,32?;;/m1../s1. The van der Waals surface area contributed by atoms with Gasteiger partial charge in [0.05, 0.1) is 18.8 Å². The second kappa shape index (κ2) is 24.9. The molecule has 0 aromatic rings. The molecule has 2 aliphatic carbocycles. The maximum absolute atomic E-state index is 11.6. The molecule has 0 heterocycles. The Kier molecular flexibility index (Phi) is 24.7. The number of hydrogen-bond acceptors (Lipinski definition) is 6. The fraction of sp³-hybridized carbons (Fsp3) is 1.00. The van der Waals surface area contributed by atoms with Gasteiger partial charge in [0.15, 0.2) is 0 Å². The van der Waals surface area contributed by atoms with Crippen LogP contribution in [0.2, 0.25) is 0 Å². The summed E-state index contributed by atoms with van der Waals surface area (Å²) in [5.74, 6) is 9.87. The second-order valence-electron chi connectivity index (χ2n) is 14.4. The SMILES string of the molecule is CC.CC(C)CON.CCCC1C(COCC)[C@H](C(C)C(O)C(O)C(C)[C@@H]2CC[C@@H](C)C(CCC)C2COCC)CC[C@H]1C. The molecule has 0 aliphatic heterocycles. The lowest BCUT2D eigenvalue weighted by Crippen LogP contribution is -2.49. The van der Waals surface area contributed by atoms with E-state index in [1.54, 1.807) is 0 Å². The number of hydrogen-bond donors (Lipinski definition) is 3.